The molecular weight excluding hydrogens is 472 g/mol. The summed E-state index contributed by atoms with van der Waals surface area (Å²) in [5.74, 6) is 0.738. The normalized spacial score (nSPS) is 16.1. The molecule has 0 bridgehead atoms. The molecule has 2 aliphatic rings. The number of nitrogens with one attached hydrogen (secondary N) is 1. The van der Waals surface area contributed by atoms with Crippen molar-refractivity contribution in [2.75, 3.05) is 39.2 Å². The number of quaternary nitrogens is 1. The van der Waals surface area contributed by atoms with Crippen molar-refractivity contribution in [3.05, 3.63) is 89.0 Å². The molecule has 198 valence electrons. The van der Waals surface area contributed by atoms with Crippen molar-refractivity contribution < 1.29 is 18.8 Å². The minimum absolute atomic E-state index is 0.0785. The summed E-state index contributed by atoms with van der Waals surface area (Å²) in [6, 6.07) is 23.8. The van der Waals surface area contributed by atoms with Crippen LogP contribution in [0.2, 0.25) is 0 Å². The molecule has 0 aliphatic carbocycles. The molecule has 0 spiro atoms. The van der Waals surface area contributed by atoms with E-state index in [9.17, 15) is 4.79 Å². The third-order valence-electron chi connectivity index (χ3n) is 7.94. The largest absolute Gasteiger partial charge is 0.493 e. The molecule has 2 aliphatic heterocycles. The number of rotatable bonds is 7. The van der Waals surface area contributed by atoms with Crippen LogP contribution in [0.5, 0.6) is 5.75 Å². The van der Waals surface area contributed by atoms with Crippen LogP contribution in [0.3, 0.4) is 0 Å². The van der Waals surface area contributed by atoms with E-state index in [4.69, 9.17) is 9.47 Å². The van der Waals surface area contributed by atoms with Crippen molar-refractivity contribution >= 4 is 17.7 Å². The second-order valence-corrected chi connectivity index (χ2v) is 11.0. The van der Waals surface area contributed by atoms with E-state index in [2.05, 4.69) is 74.9 Å². The van der Waals surface area contributed by atoms with Crippen LogP contribution in [-0.2, 0) is 22.5 Å². The van der Waals surface area contributed by atoms with Crippen LogP contribution in [0.1, 0.15) is 42.9 Å². The molecule has 1 fully saturated rings. The van der Waals surface area contributed by atoms with Gasteiger partial charge < -0.3 is 19.3 Å². The van der Waals surface area contributed by atoms with Gasteiger partial charge in [-0.05, 0) is 53.5 Å². The molecule has 5 heteroatoms. The average molecular weight is 512 g/mol. The molecule has 3 aromatic rings. The van der Waals surface area contributed by atoms with Crippen LogP contribution in [0.15, 0.2) is 72.3 Å². The highest BCUT2D eigenvalue weighted by Gasteiger charge is 2.30. The fraction of sp³-hybridized carbons (Fsp3) is 0.364. The highest BCUT2D eigenvalue weighted by atomic mass is 16.5. The lowest BCUT2D eigenvalue weighted by molar-refractivity contribution is -0.929. The molecule has 0 aromatic heterocycles. The number of nitrogens with zero attached hydrogens (tertiary/aromatic N) is 1. The van der Waals surface area contributed by atoms with Crippen molar-refractivity contribution in [1.82, 2.24) is 0 Å². The average Bonchev–Trinajstić information content (AvgIpc) is 3.17. The Balaban J connectivity index is 1.27. The van der Waals surface area contributed by atoms with Gasteiger partial charge in [0.05, 0.1) is 40.0 Å². The van der Waals surface area contributed by atoms with Gasteiger partial charge in [0, 0.05) is 41.6 Å². The number of anilines is 1. The Bertz CT molecular complexity index is 1290. The lowest BCUT2D eigenvalue weighted by Crippen LogP contribution is -2.50. The Morgan fingerprint density at radius 1 is 0.895 bits per heavy atom. The minimum Gasteiger partial charge on any atom is -0.493 e. The molecule has 1 amide bonds. The van der Waals surface area contributed by atoms with E-state index >= 15 is 0 Å². The lowest BCUT2D eigenvalue weighted by atomic mass is 9.99. The summed E-state index contributed by atoms with van der Waals surface area (Å²) in [6.07, 6.45) is 5.78. The van der Waals surface area contributed by atoms with Crippen LogP contribution in [0.4, 0.5) is 5.69 Å². The number of hydrogen-bond acceptors (Lipinski definition) is 3. The molecule has 5 rings (SSSR count). The Morgan fingerprint density at radius 3 is 2.29 bits per heavy atom. The van der Waals surface area contributed by atoms with Crippen LogP contribution < -0.4 is 10.1 Å². The monoisotopic (exact) mass is 511 g/mol. The van der Waals surface area contributed by atoms with Gasteiger partial charge in [-0.15, -0.1) is 0 Å². The van der Waals surface area contributed by atoms with Gasteiger partial charge in [-0.1, -0.05) is 49.4 Å². The maximum absolute atomic E-state index is 13.2. The zero-order chi connectivity index (χ0) is 26.5. The molecule has 0 radical (unpaired) electrons. The third-order valence-corrected chi connectivity index (χ3v) is 7.94. The first-order chi connectivity index (χ1) is 18.4. The third kappa shape index (κ3) is 6.17. The van der Waals surface area contributed by atoms with E-state index in [0.717, 1.165) is 77.2 Å². The van der Waals surface area contributed by atoms with Gasteiger partial charge in [0.2, 0.25) is 0 Å². The molecule has 1 saturated heterocycles. The molecule has 0 atom stereocenters. The highest BCUT2D eigenvalue weighted by molar-refractivity contribution is 6.07. The van der Waals surface area contributed by atoms with Gasteiger partial charge in [-0.2, -0.15) is 0 Å². The first kappa shape index (κ1) is 26.2. The number of hydrogen-bond donors (Lipinski definition) is 1. The summed E-state index contributed by atoms with van der Waals surface area (Å²) < 4.78 is 12.5. The van der Waals surface area contributed by atoms with Crippen molar-refractivity contribution in [3.63, 3.8) is 0 Å². The molecule has 0 saturated carbocycles. The van der Waals surface area contributed by atoms with Gasteiger partial charge in [0.15, 0.2) is 0 Å². The van der Waals surface area contributed by atoms with E-state index in [0.29, 0.717) is 19.1 Å². The number of aryl methyl sites for hydroxylation is 1. The second kappa shape index (κ2) is 11.5. The Labute approximate surface area is 226 Å². The fourth-order valence-electron chi connectivity index (χ4n) is 5.50. The zero-order valence-electron chi connectivity index (χ0n) is 22.8. The number of carbonyl (C=O) groups excluding carboxylic acids is 1. The van der Waals surface area contributed by atoms with Gasteiger partial charge in [0.1, 0.15) is 12.3 Å². The number of amides is 1. The van der Waals surface area contributed by atoms with E-state index in [-0.39, 0.29) is 5.91 Å². The van der Waals surface area contributed by atoms with Crippen molar-refractivity contribution in [2.45, 2.75) is 45.2 Å². The van der Waals surface area contributed by atoms with Gasteiger partial charge in [-0.25, -0.2) is 0 Å². The highest BCUT2D eigenvalue weighted by Crippen LogP contribution is 2.32. The quantitative estimate of drug-likeness (QED) is 0.370. The maximum Gasteiger partial charge on any atom is 0.251 e. The Hall–Kier alpha value is -3.41. The number of fused-ring (bicyclic) bond motifs is 1. The predicted molar refractivity (Wildman–Crippen MR) is 154 cm³/mol. The van der Waals surface area contributed by atoms with Gasteiger partial charge in [-0.3, -0.25) is 4.79 Å². The van der Waals surface area contributed by atoms with Crippen LogP contribution in [0.25, 0.3) is 17.2 Å². The van der Waals surface area contributed by atoms with E-state index in [1.807, 2.05) is 24.3 Å². The van der Waals surface area contributed by atoms with Gasteiger partial charge in [0.25, 0.3) is 5.91 Å². The molecule has 0 unspecified atom stereocenters. The van der Waals surface area contributed by atoms with Crippen LogP contribution in [-0.4, -0.2) is 50.3 Å². The lowest BCUT2D eigenvalue weighted by Gasteiger charge is -2.40. The SMILES string of the molecule is CCc1ccc(-c2ccc3c(c2)C=C(C(=O)Nc2ccc(C[N+](C)(C)C4CCOCC4)cc2)CCO3)cc1. The Morgan fingerprint density at radius 2 is 1.58 bits per heavy atom. The van der Waals surface area contributed by atoms with Crippen molar-refractivity contribution in [2.24, 2.45) is 0 Å². The molecular formula is C33H39N2O3+. The maximum atomic E-state index is 13.2. The standard InChI is InChI=1S/C33H38N2O3/c1-4-24-5-9-26(10-6-24)27-11-14-32-29(21-27)22-28(15-20-38-32)33(36)34-30-12-7-25(8-13-30)23-35(2,3)31-16-18-37-19-17-31/h5-14,21-22,31H,4,15-20,23H2,1-3H3/p+1. The summed E-state index contributed by atoms with van der Waals surface area (Å²) in [5.41, 5.74) is 7.34. The fourth-order valence-corrected chi connectivity index (χ4v) is 5.50. The zero-order valence-corrected chi connectivity index (χ0v) is 22.8. The molecule has 3 aromatic carbocycles. The predicted octanol–water partition coefficient (Wildman–Crippen LogP) is 6.48. The smallest absolute Gasteiger partial charge is 0.251 e. The first-order valence-electron chi connectivity index (χ1n) is 13.8. The topological polar surface area (TPSA) is 47.6 Å². The summed E-state index contributed by atoms with van der Waals surface area (Å²) >= 11 is 0. The van der Waals surface area contributed by atoms with Crippen molar-refractivity contribution in [3.8, 4) is 16.9 Å². The Kier molecular flexibility index (Phi) is 7.96. The number of benzene rings is 3. The van der Waals surface area contributed by atoms with Crippen LogP contribution in [0, 0.1) is 0 Å². The minimum atomic E-state index is -0.0785. The first-order valence-corrected chi connectivity index (χ1v) is 13.8. The van der Waals surface area contributed by atoms with E-state index in [1.54, 1.807) is 0 Å². The molecule has 38 heavy (non-hydrogen) atoms. The summed E-state index contributed by atoms with van der Waals surface area (Å²) in [5, 5.41) is 3.10. The molecule has 2 heterocycles. The van der Waals surface area contributed by atoms with E-state index < -0.39 is 0 Å². The molecule has 1 N–H and O–H groups in total. The number of carbonyl (C=O) groups is 1. The van der Waals surface area contributed by atoms with Crippen molar-refractivity contribution in [1.29, 1.82) is 0 Å². The van der Waals surface area contributed by atoms with Gasteiger partial charge >= 0.3 is 0 Å². The number of ether oxygens (including phenoxy) is 2. The molecule has 5 nitrogen and oxygen atoms in total. The summed E-state index contributed by atoms with van der Waals surface area (Å²) in [4.78, 5) is 13.2. The van der Waals surface area contributed by atoms with Crippen LogP contribution >= 0.6 is 0 Å². The summed E-state index contributed by atoms with van der Waals surface area (Å²) in [7, 11) is 4.60. The van der Waals surface area contributed by atoms with E-state index in [1.165, 1.54) is 11.1 Å². The summed E-state index contributed by atoms with van der Waals surface area (Å²) in [6.45, 7) is 5.32. The second-order valence-electron chi connectivity index (χ2n) is 11.0.